The van der Waals surface area contributed by atoms with Gasteiger partial charge in [0.2, 0.25) is 0 Å². The van der Waals surface area contributed by atoms with Crippen LogP contribution in [-0.2, 0) is 0 Å². The maximum absolute atomic E-state index is 9.69. The van der Waals surface area contributed by atoms with Gasteiger partial charge in [0.05, 0.1) is 6.61 Å². The lowest BCUT2D eigenvalue weighted by Gasteiger charge is -2.20. The second-order valence-corrected chi connectivity index (χ2v) is 8.24. The smallest absolute Gasteiger partial charge is 0.191 e. The fraction of sp³-hybridized carbons (Fsp3) is 0.381. The van der Waals surface area contributed by atoms with Gasteiger partial charge in [-0.15, -0.1) is 35.7 Å². The standard InChI is InChI=1S/C21H27N3OS.HI/c1-22-20(23-14-18(15-25)17-8-4-2-5-9-17)24-16-21(12-13-21)26-19-10-6-3-7-11-19;/h2-11,18,25H,12-16H2,1H3,(H2,22,23,24);1H. The maximum atomic E-state index is 9.69. The van der Waals surface area contributed by atoms with Crippen LogP contribution in [0.1, 0.15) is 24.3 Å². The summed E-state index contributed by atoms with van der Waals surface area (Å²) in [4.78, 5) is 5.65. The summed E-state index contributed by atoms with van der Waals surface area (Å²) >= 11 is 1.95. The molecule has 4 nitrogen and oxygen atoms in total. The third-order valence-corrected chi connectivity index (χ3v) is 6.19. The van der Waals surface area contributed by atoms with Crippen molar-refractivity contribution in [2.24, 2.45) is 4.99 Å². The van der Waals surface area contributed by atoms with Crippen molar-refractivity contribution in [3.63, 3.8) is 0 Å². The Morgan fingerprint density at radius 3 is 2.26 bits per heavy atom. The Balaban J connectivity index is 0.00000261. The highest BCUT2D eigenvalue weighted by molar-refractivity contribution is 14.0. The van der Waals surface area contributed by atoms with E-state index in [1.165, 1.54) is 17.7 Å². The summed E-state index contributed by atoms with van der Waals surface area (Å²) in [7, 11) is 1.79. The first-order valence-electron chi connectivity index (χ1n) is 9.09. The third-order valence-electron chi connectivity index (χ3n) is 4.69. The number of hydrogen-bond donors (Lipinski definition) is 3. The highest BCUT2D eigenvalue weighted by Gasteiger charge is 2.43. The molecule has 146 valence electrons. The summed E-state index contributed by atoms with van der Waals surface area (Å²) < 4.78 is 0.273. The molecule has 1 fully saturated rings. The van der Waals surface area contributed by atoms with Gasteiger partial charge in [-0.3, -0.25) is 4.99 Å². The number of aliphatic hydroxyl groups excluding tert-OH is 1. The van der Waals surface area contributed by atoms with Gasteiger partial charge in [0, 0.05) is 35.7 Å². The molecule has 3 rings (SSSR count). The van der Waals surface area contributed by atoms with E-state index in [2.05, 4.69) is 58.1 Å². The van der Waals surface area contributed by atoms with Crippen molar-refractivity contribution < 1.29 is 5.11 Å². The van der Waals surface area contributed by atoms with Crippen LogP contribution >= 0.6 is 35.7 Å². The maximum Gasteiger partial charge on any atom is 0.191 e. The quantitative estimate of drug-likeness (QED) is 0.295. The van der Waals surface area contributed by atoms with Crippen LogP contribution in [0.25, 0.3) is 0 Å². The van der Waals surface area contributed by atoms with Crippen molar-refractivity contribution in [3.05, 3.63) is 66.2 Å². The molecule has 0 radical (unpaired) electrons. The number of halogens is 1. The molecule has 2 aromatic carbocycles. The van der Waals surface area contributed by atoms with Crippen molar-refractivity contribution in [2.45, 2.75) is 28.4 Å². The average molecular weight is 497 g/mol. The van der Waals surface area contributed by atoms with Gasteiger partial charge in [-0.2, -0.15) is 0 Å². The first-order valence-corrected chi connectivity index (χ1v) is 9.91. The summed E-state index contributed by atoms with van der Waals surface area (Å²) in [6.07, 6.45) is 2.44. The van der Waals surface area contributed by atoms with Crippen LogP contribution in [0.3, 0.4) is 0 Å². The van der Waals surface area contributed by atoms with Crippen LogP contribution in [0.15, 0.2) is 70.6 Å². The molecule has 1 aliphatic rings. The molecule has 2 aromatic rings. The van der Waals surface area contributed by atoms with Gasteiger partial charge in [0.15, 0.2) is 5.96 Å². The van der Waals surface area contributed by atoms with Crippen molar-refractivity contribution in [2.75, 3.05) is 26.7 Å². The number of nitrogens with one attached hydrogen (secondary N) is 2. The predicted octanol–water partition coefficient (Wildman–Crippen LogP) is 3.87. The van der Waals surface area contributed by atoms with Crippen LogP contribution < -0.4 is 10.6 Å². The molecule has 0 aromatic heterocycles. The van der Waals surface area contributed by atoms with Gasteiger partial charge in [0.25, 0.3) is 0 Å². The molecule has 0 saturated heterocycles. The summed E-state index contributed by atoms with van der Waals surface area (Å²) in [6, 6.07) is 20.7. The lowest BCUT2D eigenvalue weighted by atomic mass is 10.0. The molecule has 0 spiro atoms. The Bertz CT molecular complexity index is 708. The van der Waals surface area contributed by atoms with E-state index in [1.807, 2.05) is 30.0 Å². The van der Waals surface area contributed by atoms with E-state index in [9.17, 15) is 5.11 Å². The van der Waals surface area contributed by atoms with E-state index in [4.69, 9.17) is 0 Å². The third kappa shape index (κ3) is 6.69. The second kappa shape index (κ2) is 10.9. The molecular weight excluding hydrogens is 469 g/mol. The summed E-state index contributed by atoms with van der Waals surface area (Å²) in [6.45, 7) is 1.65. The topological polar surface area (TPSA) is 56.7 Å². The summed E-state index contributed by atoms with van der Waals surface area (Å²) in [5.41, 5.74) is 1.14. The number of benzene rings is 2. The molecule has 0 bridgehead atoms. The zero-order valence-electron chi connectivity index (χ0n) is 15.6. The minimum Gasteiger partial charge on any atom is -0.396 e. The molecule has 3 N–H and O–H groups in total. The van der Waals surface area contributed by atoms with Crippen LogP contribution in [0.2, 0.25) is 0 Å². The van der Waals surface area contributed by atoms with E-state index in [1.54, 1.807) is 7.05 Å². The van der Waals surface area contributed by atoms with Crippen LogP contribution in [0.5, 0.6) is 0 Å². The summed E-state index contributed by atoms with van der Waals surface area (Å²) in [5.74, 6) is 0.850. The second-order valence-electron chi connectivity index (χ2n) is 6.69. The van der Waals surface area contributed by atoms with Crippen molar-refractivity contribution in [1.82, 2.24) is 10.6 Å². The van der Waals surface area contributed by atoms with Crippen molar-refractivity contribution in [3.8, 4) is 0 Å². The first-order chi connectivity index (χ1) is 12.7. The summed E-state index contributed by atoms with van der Waals surface area (Å²) in [5, 5.41) is 16.5. The number of thioether (sulfide) groups is 1. The molecule has 0 heterocycles. The number of aliphatic hydroxyl groups is 1. The zero-order valence-corrected chi connectivity index (χ0v) is 18.7. The molecule has 6 heteroatoms. The number of aliphatic imine (C=N–C) groups is 1. The molecule has 1 saturated carbocycles. The average Bonchev–Trinajstić information content (AvgIpc) is 3.46. The Morgan fingerprint density at radius 2 is 1.70 bits per heavy atom. The molecule has 1 aliphatic carbocycles. The van der Waals surface area contributed by atoms with E-state index in [0.717, 1.165) is 18.1 Å². The first kappa shape index (κ1) is 22.0. The molecule has 1 unspecified atom stereocenters. The SMILES string of the molecule is CN=C(NCC(CO)c1ccccc1)NCC1(Sc2ccccc2)CC1.I. The van der Waals surface area contributed by atoms with Crippen LogP contribution in [0, 0.1) is 0 Å². The molecule has 1 atom stereocenters. The highest BCUT2D eigenvalue weighted by atomic mass is 127. The van der Waals surface area contributed by atoms with Gasteiger partial charge in [-0.25, -0.2) is 0 Å². The highest BCUT2D eigenvalue weighted by Crippen LogP contribution is 2.51. The number of rotatable bonds is 8. The minimum absolute atomic E-state index is 0. The van der Waals surface area contributed by atoms with Crippen LogP contribution in [0.4, 0.5) is 0 Å². The zero-order chi connectivity index (χ0) is 18.2. The van der Waals surface area contributed by atoms with Gasteiger partial charge < -0.3 is 15.7 Å². The Labute approximate surface area is 183 Å². The van der Waals surface area contributed by atoms with Crippen LogP contribution in [-0.4, -0.2) is 42.6 Å². The fourth-order valence-corrected chi connectivity index (χ4v) is 4.13. The molecular formula is C21H28IN3OS. The van der Waals surface area contributed by atoms with Gasteiger partial charge in [-0.1, -0.05) is 48.5 Å². The molecule has 0 amide bonds. The Kier molecular flexibility index (Phi) is 8.92. The Morgan fingerprint density at radius 1 is 1.07 bits per heavy atom. The molecule has 27 heavy (non-hydrogen) atoms. The van der Waals surface area contributed by atoms with Gasteiger partial charge in [0.1, 0.15) is 0 Å². The largest absolute Gasteiger partial charge is 0.396 e. The number of nitrogens with zero attached hydrogens (tertiary/aromatic N) is 1. The monoisotopic (exact) mass is 497 g/mol. The van der Waals surface area contributed by atoms with Gasteiger partial charge >= 0.3 is 0 Å². The van der Waals surface area contributed by atoms with Gasteiger partial charge in [-0.05, 0) is 30.5 Å². The minimum atomic E-state index is 0. The lowest BCUT2D eigenvalue weighted by molar-refractivity contribution is 0.265. The fourth-order valence-electron chi connectivity index (χ4n) is 2.89. The Hall–Kier alpha value is -1.25. The van der Waals surface area contributed by atoms with E-state index in [0.29, 0.717) is 6.54 Å². The lowest BCUT2D eigenvalue weighted by Crippen LogP contribution is -2.42. The van der Waals surface area contributed by atoms with Crippen molar-refractivity contribution >= 4 is 41.7 Å². The van der Waals surface area contributed by atoms with Crippen molar-refractivity contribution in [1.29, 1.82) is 0 Å². The van der Waals surface area contributed by atoms with E-state index < -0.39 is 0 Å². The predicted molar refractivity (Wildman–Crippen MR) is 125 cm³/mol. The van der Waals surface area contributed by atoms with E-state index >= 15 is 0 Å². The normalized spacial score (nSPS) is 16.1. The number of hydrogen-bond acceptors (Lipinski definition) is 3. The van der Waals surface area contributed by atoms with E-state index in [-0.39, 0.29) is 41.2 Å². The number of guanidine groups is 1. The molecule has 0 aliphatic heterocycles.